The van der Waals surface area contributed by atoms with Crippen LogP contribution in [0.5, 0.6) is 0 Å². The summed E-state index contributed by atoms with van der Waals surface area (Å²) in [5.41, 5.74) is 0. The zero-order valence-corrected chi connectivity index (χ0v) is 7.59. The molecule has 0 N–H and O–H groups in total. The van der Waals surface area contributed by atoms with Gasteiger partial charge in [-0.15, -0.1) is 0 Å². The van der Waals surface area contributed by atoms with Crippen molar-refractivity contribution in [2.45, 2.75) is 40.0 Å². The fourth-order valence-electron chi connectivity index (χ4n) is 1.31. The van der Waals surface area contributed by atoms with Gasteiger partial charge in [0.2, 0.25) is 0 Å². The van der Waals surface area contributed by atoms with Crippen molar-refractivity contribution in [3.8, 4) is 0 Å². The molecule has 0 rings (SSSR count). The predicted molar refractivity (Wildman–Crippen MR) is 43.5 cm³/mol. The van der Waals surface area contributed by atoms with Gasteiger partial charge < -0.3 is 0 Å². The Morgan fingerprint density at radius 1 is 1.36 bits per heavy atom. The minimum atomic E-state index is -0.927. The van der Waals surface area contributed by atoms with E-state index in [-0.39, 0.29) is 6.42 Å². The molecule has 0 bridgehead atoms. The molecule has 0 heterocycles. The lowest BCUT2D eigenvalue weighted by Gasteiger charge is -2.16. The van der Waals surface area contributed by atoms with E-state index < -0.39 is 5.97 Å². The molecule has 2 heteroatoms. The van der Waals surface area contributed by atoms with E-state index in [0.717, 1.165) is 12.8 Å². The van der Waals surface area contributed by atoms with Gasteiger partial charge in [-0.3, -0.25) is 0 Å². The van der Waals surface area contributed by atoms with Gasteiger partial charge in [0.15, 0.2) is 0 Å². The second kappa shape index (κ2) is 5.16. The number of carbonyl (C=O) groups excluding carboxylic acids is 1. The molecule has 0 aromatic rings. The lowest BCUT2D eigenvalue weighted by Crippen LogP contribution is -2.09. The fourth-order valence-corrected chi connectivity index (χ4v) is 1.31. The Balaban J connectivity index is 3.61. The Kier molecular flexibility index (Phi) is 4.92. The molecule has 0 amide bonds. The van der Waals surface area contributed by atoms with Crippen LogP contribution < -0.4 is 0 Å². The van der Waals surface area contributed by atoms with Gasteiger partial charge >= 0.3 is 5.97 Å². The first-order valence-electron chi connectivity index (χ1n) is 4.27. The third-order valence-corrected chi connectivity index (χ3v) is 2.19. The summed E-state index contributed by atoms with van der Waals surface area (Å²) in [7, 11) is 0. The van der Waals surface area contributed by atoms with Crippen LogP contribution in [0.15, 0.2) is 0 Å². The number of hydrogen-bond acceptors (Lipinski definition) is 1. The Morgan fingerprint density at radius 2 is 1.91 bits per heavy atom. The van der Waals surface area contributed by atoms with E-state index in [2.05, 4.69) is 20.8 Å². The summed E-state index contributed by atoms with van der Waals surface area (Å²) in [5.74, 6) is 0.191. The number of rotatable bonds is 5. The summed E-state index contributed by atoms with van der Waals surface area (Å²) in [4.78, 5) is 10.1. The van der Waals surface area contributed by atoms with Crippen LogP contribution >= 0.6 is 0 Å². The van der Waals surface area contributed by atoms with E-state index in [1.807, 2.05) is 0 Å². The summed E-state index contributed by atoms with van der Waals surface area (Å²) < 4.78 is 0. The second-order valence-corrected chi connectivity index (χ2v) is 3.32. The highest BCUT2D eigenvalue weighted by Crippen LogP contribution is 2.20. The van der Waals surface area contributed by atoms with Gasteiger partial charge in [0.25, 0.3) is 0 Å². The summed E-state index contributed by atoms with van der Waals surface area (Å²) in [6.07, 6.45) is 2.03. The van der Waals surface area contributed by atoms with Crippen molar-refractivity contribution in [1.82, 2.24) is 0 Å². The van der Waals surface area contributed by atoms with Crippen LogP contribution in [-0.2, 0) is 9.90 Å². The van der Waals surface area contributed by atoms with Crippen LogP contribution in [0.2, 0.25) is 0 Å². The molecule has 65 valence electrons. The van der Waals surface area contributed by atoms with Crippen molar-refractivity contribution in [2.75, 3.05) is 0 Å². The van der Waals surface area contributed by atoms with E-state index in [4.69, 9.17) is 0 Å². The predicted octanol–water partition coefficient (Wildman–Crippen LogP) is 2.41. The van der Waals surface area contributed by atoms with Gasteiger partial charge in [-0.05, 0) is 18.3 Å². The first-order chi connectivity index (χ1) is 5.07. The number of hydrogen-bond donors (Lipinski definition) is 0. The van der Waals surface area contributed by atoms with Crippen LogP contribution in [0.25, 0.3) is 0 Å². The minimum Gasteiger partial charge on any atom is -0.247 e. The highest BCUT2D eigenvalue weighted by molar-refractivity contribution is 5.66. The normalized spacial score (nSPS) is 13.5. The van der Waals surface area contributed by atoms with Crippen LogP contribution in [0, 0.1) is 11.8 Å². The summed E-state index contributed by atoms with van der Waals surface area (Å²) in [5, 5.41) is 10.1. The Hall–Kier alpha value is -0.530. The van der Waals surface area contributed by atoms with Crippen LogP contribution in [0.4, 0.5) is 0 Å². The van der Waals surface area contributed by atoms with Crippen molar-refractivity contribution in [3.05, 3.63) is 0 Å². The Labute approximate surface area is 68.6 Å². The highest BCUT2D eigenvalue weighted by atomic mass is 16.4. The van der Waals surface area contributed by atoms with E-state index in [0.29, 0.717) is 11.8 Å². The summed E-state index contributed by atoms with van der Waals surface area (Å²) >= 11 is 0. The Morgan fingerprint density at radius 3 is 2.18 bits per heavy atom. The molecule has 2 nitrogen and oxygen atoms in total. The van der Waals surface area contributed by atoms with Crippen molar-refractivity contribution in [2.24, 2.45) is 11.8 Å². The molecule has 1 radical (unpaired) electrons. The summed E-state index contributed by atoms with van der Waals surface area (Å²) in [6, 6.07) is 0. The third-order valence-electron chi connectivity index (χ3n) is 2.19. The quantitative estimate of drug-likeness (QED) is 0.603. The standard InChI is InChI=1S/C9H17O2/c1-4-8(7(2)3)5-6-9(10)11/h7-8H,4-6H2,1-3H3. The maximum absolute atomic E-state index is 10.1. The van der Waals surface area contributed by atoms with Crippen molar-refractivity contribution >= 4 is 5.97 Å². The van der Waals surface area contributed by atoms with Crippen LogP contribution in [0.1, 0.15) is 40.0 Å². The van der Waals surface area contributed by atoms with Gasteiger partial charge in [0.1, 0.15) is 0 Å². The SMILES string of the molecule is CCC(CCC([O])=O)C(C)C. The Bertz CT molecular complexity index is 119. The molecule has 0 spiro atoms. The molecule has 0 aromatic carbocycles. The molecule has 0 aromatic heterocycles. The average Bonchev–Trinajstić information content (AvgIpc) is 1.87. The molecule has 0 aliphatic carbocycles. The minimum absolute atomic E-state index is 0.205. The molecule has 0 saturated carbocycles. The molecule has 1 atom stereocenters. The molecule has 0 saturated heterocycles. The average molecular weight is 157 g/mol. The lowest BCUT2D eigenvalue weighted by atomic mass is 9.89. The van der Waals surface area contributed by atoms with Gasteiger partial charge in [0, 0.05) is 0 Å². The molecule has 11 heavy (non-hydrogen) atoms. The molecular formula is C9H17O2. The van der Waals surface area contributed by atoms with Gasteiger partial charge in [-0.1, -0.05) is 27.2 Å². The van der Waals surface area contributed by atoms with Crippen LogP contribution in [0.3, 0.4) is 0 Å². The molecule has 1 unspecified atom stereocenters. The maximum Gasteiger partial charge on any atom is 0.355 e. The van der Waals surface area contributed by atoms with E-state index >= 15 is 0 Å². The number of carbonyl (C=O) groups is 1. The maximum atomic E-state index is 10.1. The van der Waals surface area contributed by atoms with Gasteiger partial charge in [-0.2, -0.15) is 0 Å². The molecule has 0 aliphatic rings. The molecule has 0 fully saturated rings. The zero-order valence-electron chi connectivity index (χ0n) is 7.59. The topological polar surface area (TPSA) is 37.0 Å². The van der Waals surface area contributed by atoms with E-state index in [1.165, 1.54) is 0 Å². The second-order valence-electron chi connectivity index (χ2n) is 3.32. The van der Waals surface area contributed by atoms with Crippen molar-refractivity contribution in [1.29, 1.82) is 0 Å². The molecular weight excluding hydrogens is 140 g/mol. The van der Waals surface area contributed by atoms with Gasteiger partial charge in [0.05, 0.1) is 6.42 Å². The summed E-state index contributed by atoms with van der Waals surface area (Å²) in [6.45, 7) is 6.35. The highest BCUT2D eigenvalue weighted by Gasteiger charge is 2.12. The molecule has 0 aliphatic heterocycles. The van der Waals surface area contributed by atoms with Crippen LogP contribution in [-0.4, -0.2) is 5.97 Å². The lowest BCUT2D eigenvalue weighted by molar-refractivity contribution is -0.143. The largest absolute Gasteiger partial charge is 0.355 e. The van der Waals surface area contributed by atoms with E-state index in [9.17, 15) is 9.90 Å². The fraction of sp³-hybridized carbons (Fsp3) is 0.889. The first kappa shape index (κ1) is 10.5. The van der Waals surface area contributed by atoms with Crippen molar-refractivity contribution in [3.63, 3.8) is 0 Å². The van der Waals surface area contributed by atoms with E-state index in [1.54, 1.807) is 0 Å². The zero-order chi connectivity index (χ0) is 8.85. The monoisotopic (exact) mass is 157 g/mol. The van der Waals surface area contributed by atoms with Gasteiger partial charge in [-0.25, -0.2) is 9.90 Å². The first-order valence-corrected chi connectivity index (χ1v) is 4.27. The van der Waals surface area contributed by atoms with Crippen molar-refractivity contribution < 1.29 is 9.90 Å². The third kappa shape index (κ3) is 4.82. The smallest absolute Gasteiger partial charge is 0.247 e.